The van der Waals surface area contributed by atoms with Crippen LogP contribution in [0.4, 0.5) is 0 Å². The molecule has 0 heteroatoms. The van der Waals surface area contributed by atoms with Gasteiger partial charge < -0.3 is 0 Å². The smallest absolute Gasteiger partial charge is 0.00622 e. The van der Waals surface area contributed by atoms with E-state index < -0.39 is 0 Å². The van der Waals surface area contributed by atoms with Gasteiger partial charge in [-0.2, -0.15) is 0 Å². The highest BCUT2D eigenvalue weighted by Gasteiger charge is 2.23. The van der Waals surface area contributed by atoms with Gasteiger partial charge in [-0.05, 0) is 29.9 Å². The Morgan fingerprint density at radius 1 is 1.00 bits per heavy atom. The Bertz CT molecular complexity index is 331. The summed E-state index contributed by atoms with van der Waals surface area (Å²) in [5.41, 5.74) is 3.02. The lowest BCUT2D eigenvalue weighted by atomic mass is 9.79. The summed E-state index contributed by atoms with van der Waals surface area (Å²) in [6.07, 6.45) is 16.4. The van der Waals surface area contributed by atoms with Gasteiger partial charge in [0, 0.05) is 5.41 Å². The van der Waals surface area contributed by atoms with Crippen molar-refractivity contribution in [2.24, 2.45) is 11.3 Å². The topological polar surface area (TPSA) is 0 Å². The first-order valence-electron chi connectivity index (χ1n) is 5.91. The molecule has 0 aromatic carbocycles. The molecule has 2 aliphatic carbocycles. The van der Waals surface area contributed by atoms with E-state index >= 15 is 0 Å². The van der Waals surface area contributed by atoms with Gasteiger partial charge in [-0.3, -0.25) is 0 Å². The summed E-state index contributed by atoms with van der Waals surface area (Å²) < 4.78 is 0. The maximum absolute atomic E-state index is 2.35. The maximum Gasteiger partial charge on any atom is 0.00622 e. The van der Waals surface area contributed by atoms with Crippen LogP contribution >= 0.6 is 0 Å². The first kappa shape index (κ1) is 10.5. The zero-order valence-corrected chi connectivity index (χ0v) is 9.96. The Balaban J connectivity index is 2.39. The van der Waals surface area contributed by atoms with Gasteiger partial charge in [-0.15, -0.1) is 0 Å². The van der Waals surface area contributed by atoms with Crippen LogP contribution in [0.15, 0.2) is 47.6 Å². The van der Waals surface area contributed by atoms with Gasteiger partial charge in [0.1, 0.15) is 0 Å². The fraction of sp³-hybridized carbons (Fsp3) is 0.467. The van der Waals surface area contributed by atoms with Crippen molar-refractivity contribution in [3.05, 3.63) is 47.6 Å². The van der Waals surface area contributed by atoms with E-state index in [-0.39, 0.29) is 5.41 Å². The van der Waals surface area contributed by atoms with Crippen molar-refractivity contribution in [3.8, 4) is 0 Å². The van der Waals surface area contributed by atoms with Crippen molar-refractivity contribution in [1.29, 1.82) is 0 Å². The Labute approximate surface area is 93.1 Å². The van der Waals surface area contributed by atoms with Crippen LogP contribution in [0, 0.1) is 11.3 Å². The number of hydrogen-bond acceptors (Lipinski definition) is 0. The van der Waals surface area contributed by atoms with Crippen LogP contribution in [-0.4, -0.2) is 0 Å². The molecule has 0 nitrogen and oxygen atoms in total. The molecule has 0 heterocycles. The molecule has 0 atom stereocenters. The molecular weight excluding hydrogens is 180 g/mol. The van der Waals surface area contributed by atoms with Gasteiger partial charge >= 0.3 is 0 Å². The molecule has 2 rings (SSSR count). The normalized spacial score (nSPS) is 23.2. The molecule has 0 aliphatic heterocycles. The lowest BCUT2D eigenvalue weighted by Gasteiger charge is -2.25. The molecule has 0 N–H and O–H groups in total. The summed E-state index contributed by atoms with van der Waals surface area (Å²) in [6, 6.07) is 0. The molecule has 0 fully saturated rings. The van der Waals surface area contributed by atoms with E-state index in [1.54, 1.807) is 0 Å². The van der Waals surface area contributed by atoms with Crippen LogP contribution < -0.4 is 0 Å². The standard InChI is InChI=1S/C15H20/c1-12(2)15(3)10-8-13-6-4-5-7-14(13)9-11-15/h6-12H,4-5H2,1-3H3. The molecule has 15 heavy (non-hydrogen) atoms. The number of allylic oxidation sites excluding steroid dienone is 8. The largest absolute Gasteiger partial charge is 0.0764 e. The Hall–Kier alpha value is -1.04. The first-order valence-corrected chi connectivity index (χ1v) is 5.91. The third-order valence-corrected chi connectivity index (χ3v) is 3.72. The number of rotatable bonds is 1. The fourth-order valence-electron chi connectivity index (χ4n) is 2.02. The zero-order chi connectivity index (χ0) is 10.9. The average Bonchev–Trinajstić information content (AvgIpc) is 2.40. The van der Waals surface area contributed by atoms with E-state index in [4.69, 9.17) is 0 Å². The number of fused-ring (bicyclic) bond motifs is 1. The second-order valence-corrected chi connectivity index (χ2v) is 5.08. The third-order valence-electron chi connectivity index (χ3n) is 3.72. The van der Waals surface area contributed by atoms with Gasteiger partial charge in [0.25, 0.3) is 0 Å². The SMILES string of the molecule is CC(C)C1(C)C=CC2=CCCC=C2C=C1. The maximum atomic E-state index is 2.35. The molecule has 0 bridgehead atoms. The minimum Gasteiger partial charge on any atom is -0.0764 e. The van der Waals surface area contributed by atoms with Crippen molar-refractivity contribution >= 4 is 0 Å². The minimum atomic E-state index is 0.207. The monoisotopic (exact) mass is 200 g/mol. The predicted octanol–water partition coefficient (Wildman–Crippen LogP) is 4.42. The molecule has 2 aliphatic rings. The van der Waals surface area contributed by atoms with Crippen molar-refractivity contribution in [2.75, 3.05) is 0 Å². The van der Waals surface area contributed by atoms with E-state index in [9.17, 15) is 0 Å². The summed E-state index contributed by atoms with van der Waals surface area (Å²) in [7, 11) is 0. The minimum absolute atomic E-state index is 0.207. The average molecular weight is 200 g/mol. The number of hydrogen-bond donors (Lipinski definition) is 0. The van der Waals surface area contributed by atoms with E-state index in [2.05, 4.69) is 57.2 Å². The molecule has 0 radical (unpaired) electrons. The molecule has 0 aromatic rings. The van der Waals surface area contributed by atoms with Crippen molar-refractivity contribution in [1.82, 2.24) is 0 Å². The molecular formula is C15H20. The van der Waals surface area contributed by atoms with E-state index in [0.29, 0.717) is 5.92 Å². The van der Waals surface area contributed by atoms with Crippen LogP contribution in [0.25, 0.3) is 0 Å². The van der Waals surface area contributed by atoms with Crippen molar-refractivity contribution in [3.63, 3.8) is 0 Å². The zero-order valence-electron chi connectivity index (χ0n) is 9.96. The van der Waals surface area contributed by atoms with Crippen LogP contribution in [0.5, 0.6) is 0 Å². The summed E-state index contributed by atoms with van der Waals surface area (Å²) in [5.74, 6) is 0.645. The van der Waals surface area contributed by atoms with Crippen LogP contribution in [-0.2, 0) is 0 Å². The Kier molecular flexibility index (Phi) is 2.68. The molecule has 0 saturated heterocycles. The highest BCUT2D eigenvalue weighted by atomic mass is 14.3. The van der Waals surface area contributed by atoms with Gasteiger partial charge in [0.2, 0.25) is 0 Å². The van der Waals surface area contributed by atoms with E-state index in [1.807, 2.05) is 0 Å². The molecule has 0 saturated carbocycles. The molecule has 0 amide bonds. The first-order chi connectivity index (χ1) is 7.12. The lowest BCUT2D eigenvalue weighted by Crippen LogP contribution is -2.17. The Morgan fingerprint density at radius 3 is 1.87 bits per heavy atom. The van der Waals surface area contributed by atoms with Gasteiger partial charge in [0.05, 0.1) is 0 Å². The lowest BCUT2D eigenvalue weighted by molar-refractivity contribution is 0.383. The third kappa shape index (κ3) is 1.99. The summed E-state index contributed by atoms with van der Waals surface area (Å²) >= 11 is 0. The molecule has 0 spiro atoms. The predicted molar refractivity (Wildman–Crippen MR) is 66.6 cm³/mol. The highest BCUT2D eigenvalue weighted by Crippen LogP contribution is 2.35. The molecule has 80 valence electrons. The van der Waals surface area contributed by atoms with Crippen molar-refractivity contribution < 1.29 is 0 Å². The van der Waals surface area contributed by atoms with Gasteiger partial charge in [-0.1, -0.05) is 57.2 Å². The summed E-state index contributed by atoms with van der Waals surface area (Å²) in [5, 5.41) is 0. The fourth-order valence-corrected chi connectivity index (χ4v) is 2.02. The van der Waals surface area contributed by atoms with Crippen LogP contribution in [0.2, 0.25) is 0 Å². The van der Waals surface area contributed by atoms with Crippen molar-refractivity contribution in [2.45, 2.75) is 33.6 Å². The molecule has 0 unspecified atom stereocenters. The second kappa shape index (κ2) is 3.84. The Morgan fingerprint density at radius 2 is 1.47 bits per heavy atom. The van der Waals surface area contributed by atoms with Gasteiger partial charge in [0.15, 0.2) is 0 Å². The quantitative estimate of drug-likeness (QED) is 0.587. The summed E-state index contributed by atoms with van der Waals surface area (Å²) in [6.45, 7) is 6.88. The van der Waals surface area contributed by atoms with Gasteiger partial charge in [-0.25, -0.2) is 0 Å². The second-order valence-electron chi connectivity index (χ2n) is 5.08. The van der Waals surface area contributed by atoms with E-state index in [1.165, 1.54) is 24.0 Å². The van der Waals surface area contributed by atoms with Crippen LogP contribution in [0.3, 0.4) is 0 Å². The molecule has 0 aromatic heterocycles. The van der Waals surface area contributed by atoms with Crippen LogP contribution in [0.1, 0.15) is 33.6 Å². The summed E-state index contributed by atoms with van der Waals surface area (Å²) in [4.78, 5) is 0. The highest BCUT2D eigenvalue weighted by molar-refractivity contribution is 5.51. The van der Waals surface area contributed by atoms with E-state index in [0.717, 1.165) is 0 Å².